The molecule has 0 spiro atoms. The zero-order chi connectivity index (χ0) is 22.6. The molecule has 31 heavy (non-hydrogen) atoms. The van der Waals surface area contributed by atoms with Crippen molar-refractivity contribution in [3.63, 3.8) is 0 Å². The fraction of sp³-hybridized carbons (Fsp3) is 0.273. The summed E-state index contributed by atoms with van der Waals surface area (Å²) in [5.74, 6) is -2.02. The normalized spacial score (nSPS) is 11.5. The van der Waals surface area contributed by atoms with Crippen LogP contribution in [-0.2, 0) is 15.6 Å². The maximum absolute atomic E-state index is 14.1. The third kappa shape index (κ3) is 5.55. The third-order valence-electron chi connectivity index (χ3n) is 4.80. The number of sulfone groups is 1. The van der Waals surface area contributed by atoms with Crippen LogP contribution in [0.25, 0.3) is 5.69 Å². The van der Waals surface area contributed by atoms with Crippen molar-refractivity contribution in [1.29, 1.82) is 0 Å². The van der Waals surface area contributed by atoms with Crippen LogP contribution in [0.3, 0.4) is 0 Å². The Morgan fingerprint density at radius 3 is 2.48 bits per heavy atom. The molecule has 1 aromatic heterocycles. The molecule has 0 fully saturated rings. The Morgan fingerprint density at radius 1 is 1.10 bits per heavy atom. The quantitative estimate of drug-likeness (QED) is 0.536. The van der Waals surface area contributed by atoms with E-state index in [1.807, 2.05) is 6.07 Å². The molecule has 1 N–H and O–H groups in total. The Kier molecular flexibility index (Phi) is 6.84. The Bertz CT molecular complexity index is 1190. The summed E-state index contributed by atoms with van der Waals surface area (Å²) in [6, 6.07) is 12.0. The number of nitrogens with one attached hydrogen (secondary N) is 1. The molecule has 0 saturated heterocycles. The molecule has 0 aliphatic rings. The third-order valence-corrected chi connectivity index (χ3v) is 6.49. The molecule has 6 nitrogen and oxygen atoms in total. The van der Waals surface area contributed by atoms with Crippen LogP contribution in [0.15, 0.2) is 48.5 Å². The van der Waals surface area contributed by atoms with Crippen molar-refractivity contribution in [1.82, 2.24) is 15.1 Å². The molecule has 0 atom stereocenters. The number of aryl methyl sites for hydroxylation is 1. The highest BCUT2D eigenvalue weighted by atomic mass is 32.2. The summed E-state index contributed by atoms with van der Waals surface area (Å²) < 4.78 is 53.0. The lowest BCUT2D eigenvalue weighted by atomic mass is 10.2. The lowest BCUT2D eigenvalue weighted by molar-refractivity contribution is 0.0952. The molecule has 0 radical (unpaired) electrons. The minimum atomic E-state index is -3.29. The first kappa shape index (κ1) is 22.6. The molecular formula is C22H23F2N3O3S. The topological polar surface area (TPSA) is 81.1 Å². The summed E-state index contributed by atoms with van der Waals surface area (Å²) in [6.45, 7) is 3.40. The second-order valence-electron chi connectivity index (χ2n) is 7.24. The van der Waals surface area contributed by atoms with Gasteiger partial charge in [0, 0.05) is 12.6 Å². The van der Waals surface area contributed by atoms with Crippen LogP contribution < -0.4 is 5.32 Å². The van der Waals surface area contributed by atoms with E-state index in [0.717, 1.165) is 17.7 Å². The number of carbonyl (C=O) groups is 1. The van der Waals surface area contributed by atoms with Gasteiger partial charge in [0.05, 0.1) is 28.5 Å². The van der Waals surface area contributed by atoms with Crippen molar-refractivity contribution < 1.29 is 22.0 Å². The first-order valence-corrected chi connectivity index (χ1v) is 11.5. The molecule has 3 aromatic rings. The van der Waals surface area contributed by atoms with Gasteiger partial charge >= 0.3 is 0 Å². The van der Waals surface area contributed by atoms with E-state index in [1.165, 1.54) is 10.7 Å². The van der Waals surface area contributed by atoms with Gasteiger partial charge in [-0.2, -0.15) is 5.10 Å². The monoisotopic (exact) mass is 447 g/mol. The van der Waals surface area contributed by atoms with E-state index in [1.54, 1.807) is 38.1 Å². The number of amides is 1. The van der Waals surface area contributed by atoms with Gasteiger partial charge in [0.25, 0.3) is 5.91 Å². The maximum atomic E-state index is 14.1. The molecule has 0 unspecified atom stereocenters. The number of aromatic nitrogens is 2. The number of rotatable bonds is 8. The molecule has 1 heterocycles. The zero-order valence-electron chi connectivity index (χ0n) is 17.2. The summed E-state index contributed by atoms with van der Waals surface area (Å²) in [5, 5.41) is 6.90. The molecule has 0 saturated carbocycles. The van der Waals surface area contributed by atoms with E-state index in [9.17, 15) is 22.0 Å². The van der Waals surface area contributed by atoms with E-state index < -0.39 is 27.4 Å². The Balaban J connectivity index is 1.62. The summed E-state index contributed by atoms with van der Waals surface area (Å²) in [5.41, 5.74) is 1.81. The lowest BCUT2D eigenvalue weighted by Gasteiger charge is -2.08. The fourth-order valence-electron chi connectivity index (χ4n) is 3.34. The van der Waals surface area contributed by atoms with E-state index in [4.69, 9.17) is 0 Å². The molecule has 3 rings (SSSR count). The Labute approximate surface area is 179 Å². The van der Waals surface area contributed by atoms with Crippen molar-refractivity contribution in [2.45, 2.75) is 26.0 Å². The average molecular weight is 448 g/mol. The standard InChI is InChI=1S/C22H23F2N3O3S/c1-15-21(16(2)27(26-15)20-10-9-18(23)13-19(20)24)22(28)25-11-6-12-31(29,30)14-17-7-4-3-5-8-17/h3-5,7-10,13H,6,11-12,14H2,1-2H3,(H,25,28). The maximum Gasteiger partial charge on any atom is 0.255 e. The molecule has 0 bridgehead atoms. The largest absolute Gasteiger partial charge is 0.352 e. The zero-order valence-corrected chi connectivity index (χ0v) is 18.0. The van der Waals surface area contributed by atoms with Gasteiger partial charge in [-0.15, -0.1) is 0 Å². The van der Waals surface area contributed by atoms with Crippen LogP contribution in [0.4, 0.5) is 8.78 Å². The molecular weight excluding hydrogens is 424 g/mol. The second-order valence-corrected chi connectivity index (χ2v) is 9.42. The van der Waals surface area contributed by atoms with Gasteiger partial charge < -0.3 is 5.32 Å². The van der Waals surface area contributed by atoms with Gasteiger partial charge in [-0.1, -0.05) is 30.3 Å². The highest BCUT2D eigenvalue weighted by Gasteiger charge is 2.21. The van der Waals surface area contributed by atoms with Crippen LogP contribution in [-0.4, -0.2) is 36.4 Å². The van der Waals surface area contributed by atoms with E-state index >= 15 is 0 Å². The minimum absolute atomic E-state index is 0.0352. The predicted molar refractivity (Wildman–Crippen MR) is 114 cm³/mol. The number of carbonyl (C=O) groups excluding carboxylic acids is 1. The van der Waals surface area contributed by atoms with Crippen molar-refractivity contribution in [2.24, 2.45) is 0 Å². The fourth-order valence-corrected chi connectivity index (χ4v) is 4.77. The number of hydrogen-bond acceptors (Lipinski definition) is 4. The van der Waals surface area contributed by atoms with Gasteiger partial charge in [0.15, 0.2) is 15.7 Å². The molecule has 1 amide bonds. The first-order chi connectivity index (χ1) is 14.7. The first-order valence-electron chi connectivity index (χ1n) is 9.72. The number of nitrogens with zero attached hydrogens (tertiary/aromatic N) is 2. The van der Waals surface area contributed by atoms with E-state index in [-0.39, 0.29) is 35.7 Å². The molecule has 2 aromatic carbocycles. The molecule has 164 valence electrons. The highest BCUT2D eigenvalue weighted by molar-refractivity contribution is 7.90. The second kappa shape index (κ2) is 9.38. The number of benzene rings is 2. The van der Waals surface area contributed by atoms with Crippen LogP contribution in [0.2, 0.25) is 0 Å². The summed E-state index contributed by atoms with van der Waals surface area (Å²) in [4.78, 5) is 12.6. The predicted octanol–water partition coefficient (Wildman–Crippen LogP) is 3.50. The average Bonchev–Trinajstić information content (AvgIpc) is 2.99. The van der Waals surface area contributed by atoms with Crippen LogP contribution in [0.5, 0.6) is 0 Å². The van der Waals surface area contributed by atoms with Crippen LogP contribution in [0.1, 0.15) is 33.7 Å². The highest BCUT2D eigenvalue weighted by Crippen LogP contribution is 2.21. The number of hydrogen-bond donors (Lipinski definition) is 1. The van der Waals surface area contributed by atoms with Crippen molar-refractivity contribution in [2.75, 3.05) is 12.3 Å². The van der Waals surface area contributed by atoms with Crippen LogP contribution >= 0.6 is 0 Å². The summed E-state index contributed by atoms with van der Waals surface area (Å²) >= 11 is 0. The Hall–Kier alpha value is -3.07. The summed E-state index contributed by atoms with van der Waals surface area (Å²) in [7, 11) is -3.29. The SMILES string of the molecule is Cc1nn(-c2ccc(F)cc2F)c(C)c1C(=O)NCCCS(=O)(=O)Cc1ccccc1. The van der Waals surface area contributed by atoms with Gasteiger partial charge in [-0.25, -0.2) is 21.9 Å². The van der Waals surface area contributed by atoms with Crippen molar-refractivity contribution in [3.05, 3.63) is 82.7 Å². The van der Waals surface area contributed by atoms with Crippen LogP contribution in [0, 0.1) is 25.5 Å². The van der Waals surface area contributed by atoms with Gasteiger partial charge in [0.2, 0.25) is 0 Å². The molecule has 0 aliphatic heterocycles. The van der Waals surface area contributed by atoms with Gasteiger partial charge in [-0.05, 0) is 38.0 Å². The number of halogens is 2. The van der Waals surface area contributed by atoms with E-state index in [0.29, 0.717) is 11.4 Å². The molecule has 0 aliphatic carbocycles. The summed E-state index contributed by atoms with van der Waals surface area (Å²) in [6.07, 6.45) is 0.264. The van der Waals surface area contributed by atoms with Crippen molar-refractivity contribution >= 4 is 15.7 Å². The molecule has 9 heteroatoms. The lowest BCUT2D eigenvalue weighted by Crippen LogP contribution is -2.27. The Morgan fingerprint density at radius 2 is 1.81 bits per heavy atom. The minimum Gasteiger partial charge on any atom is -0.352 e. The van der Waals surface area contributed by atoms with Crippen molar-refractivity contribution in [3.8, 4) is 5.69 Å². The van der Waals surface area contributed by atoms with E-state index in [2.05, 4.69) is 10.4 Å². The smallest absolute Gasteiger partial charge is 0.255 e. The van der Waals surface area contributed by atoms with Gasteiger partial charge in [-0.3, -0.25) is 4.79 Å². The van der Waals surface area contributed by atoms with Gasteiger partial charge in [0.1, 0.15) is 11.5 Å².